The van der Waals surface area contributed by atoms with Crippen LogP contribution in [0, 0.1) is 5.92 Å². The van der Waals surface area contributed by atoms with Crippen LogP contribution in [0.5, 0.6) is 17.2 Å². The molecule has 0 N–H and O–H groups in total. The van der Waals surface area contributed by atoms with Gasteiger partial charge in [0.1, 0.15) is 17.2 Å². The first-order valence-electron chi connectivity index (χ1n) is 12.6. The Morgan fingerprint density at radius 1 is 1.03 bits per heavy atom. The number of carbonyl (C=O) groups excluding carboxylic acids is 2. The second kappa shape index (κ2) is 12.1. The lowest BCUT2D eigenvalue weighted by Crippen LogP contribution is -2.44. The van der Waals surface area contributed by atoms with Gasteiger partial charge in [-0.2, -0.15) is 5.10 Å². The average molecular weight is 510 g/mol. The van der Waals surface area contributed by atoms with Crippen molar-refractivity contribution in [2.75, 3.05) is 47.6 Å². The fourth-order valence-electron chi connectivity index (χ4n) is 4.97. The van der Waals surface area contributed by atoms with Crippen LogP contribution < -0.4 is 14.2 Å². The van der Waals surface area contributed by atoms with E-state index in [4.69, 9.17) is 24.0 Å². The van der Waals surface area contributed by atoms with Crippen LogP contribution in [0.2, 0.25) is 0 Å². The number of piperidine rings is 1. The first-order valence-corrected chi connectivity index (χ1v) is 12.6. The summed E-state index contributed by atoms with van der Waals surface area (Å²) >= 11 is 0. The van der Waals surface area contributed by atoms with Crippen LogP contribution in [0.1, 0.15) is 43.4 Å². The van der Waals surface area contributed by atoms with Crippen molar-refractivity contribution in [3.63, 3.8) is 0 Å². The molecule has 0 spiro atoms. The van der Waals surface area contributed by atoms with Crippen LogP contribution in [0.4, 0.5) is 0 Å². The average Bonchev–Trinajstić information content (AvgIpc) is 3.38. The smallest absolute Gasteiger partial charge is 0.310 e. The predicted octanol–water partition coefficient (Wildman–Crippen LogP) is 3.67. The Labute approximate surface area is 217 Å². The lowest BCUT2D eigenvalue weighted by atomic mass is 9.97. The van der Waals surface area contributed by atoms with Gasteiger partial charge in [0.2, 0.25) is 0 Å². The van der Waals surface area contributed by atoms with Crippen molar-refractivity contribution in [2.45, 2.75) is 32.2 Å². The van der Waals surface area contributed by atoms with Gasteiger partial charge in [-0.25, -0.2) is 5.01 Å². The zero-order chi connectivity index (χ0) is 26.4. The minimum atomic E-state index is -0.347. The van der Waals surface area contributed by atoms with Gasteiger partial charge in [0.05, 0.1) is 52.2 Å². The highest BCUT2D eigenvalue weighted by atomic mass is 16.5. The summed E-state index contributed by atoms with van der Waals surface area (Å²) in [6, 6.07) is 12.9. The van der Waals surface area contributed by atoms with Gasteiger partial charge >= 0.3 is 5.97 Å². The largest absolute Gasteiger partial charge is 0.497 e. The molecule has 2 heterocycles. The van der Waals surface area contributed by atoms with E-state index in [1.807, 2.05) is 47.4 Å². The topological polar surface area (TPSA) is 89.9 Å². The molecule has 0 bridgehead atoms. The summed E-state index contributed by atoms with van der Waals surface area (Å²) < 4.78 is 21.6. The molecule has 0 aromatic heterocycles. The zero-order valence-corrected chi connectivity index (χ0v) is 21.9. The molecule has 198 valence electrons. The summed E-state index contributed by atoms with van der Waals surface area (Å²) in [5.41, 5.74) is 2.53. The van der Waals surface area contributed by atoms with Crippen molar-refractivity contribution < 1.29 is 28.5 Å². The van der Waals surface area contributed by atoms with Crippen molar-refractivity contribution in [1.29, 1.82) is 0 Å². The number of hydrazone groups is 1. The van der Waals surface area contributed by atoms with Crippen molar-refractivity contribution in [2.24, 2.45) is 11.0 Å². The highest BCUT2D eigenvalue weighted by Gasteiger charge is 2.36. The molecule has 1 saturated heterocycles. The number of amides is 1. The van der Waals surface area contributed by atoms with Crippen LogP contribution in [0.15, 0.2) is 47.6 Å². The van der Waals surface area contributed by atoms with Crippen molar-refractivity contribution in [3.05, 3.63) is 53.6 Å². The van der Waals surface area contributed by atoms with Crippen LogP contribution in [0.25, 0.3) is 0 Å². The van der Waals surface area contributed by atoms with Gasteiger partial charge in [0, 0.05) is 30.2 Å². The second-order valence-corrected chi connectivity index (χ2v) is 9.17. The second-order valence-electron chi connectivity index (χ2n) is 9.17. The predicted molar refractivity (Wildman–Crippen MR) is 139 cm³/mol. The highest BCUT2D eigenvalue weighted by molar-refractivity contribution is 6.03. The van der Waals surface area contributed by atoms with Gasteiger partial charge < -0.3 is 18.9 Å². The lowest BCUT2D eigenvalue weighted by Gasteiger charge is -2.32. The molecule has 9 heteroatoms. The number of carbonyl (C=O) groups is 2. The number of esters is 1. The molecule has 2 aromatic carbocycles. The number of rotatable bonds is 9. The first-order chi connectivity index (χ1) is 18.0. The standard InChI is InChI=1S/C28H35N3O6/c1-5-37-28(33)20-9-7-13-30(17-20)18-27(32)31-25(23-12-11-22(35-3)15-26(23)36-4)16-24(29-31)19-8-6-10-21(14-19)34-2/h6,8,10-12,14-15,20,25H,5,7,9,13,16-18H2,1-4H3/t20-,25-/m0/s1. The van der Waals surface area contributed by atoms with E-state index in [0.29, 0.717) is 31.1 Å². The number of nitrogens with zero attached hydrogens (tertiary/aromatic N) is 3. The molecule has 37 heavy (non-hydrogen) atoms. The van der Waals surface area contributed by atoms with Crippen molar-refractivity contribution in [3.8, 4) is 17.2 Å². The Kier molecular flexibility index (Phi) is 8.66. The van der Waals surface area contributed by atoms with Gasteiger partial charge in [0.15, 0.2) is 0 Å². The Bertz CT molecular complexity index is 1150. The van der Waals surface area contributed by atoms with Gasteiger partial charge in [-0.15, -0.1) is 0 Å². The summed E-state index contributed by atoms with van der Waals surface area (Å²) in [6.07, 6.45) is 2.13. The van der Waals surface area contributed by atoms with Gasteiger partial charge in [0.25, 0.3) is 5.91 Å². The van der Waals surface area contributed by atoms with Gasteiger partial charge in [-0.1, -0.05) is 12.1 Å². The number of hydrogen-bond donors (Lipinski definition) is 0. The molecule has 1 amide bonds. The first kappa shape index (κ1) is 26.5. The molecule has 0 radical (unpaired) electrons. The molecular weight excluding hydrogens is 474 g/mol. The van der Waals surface area contributed by atoms with Crippen LogP contribution >= 0.6 is 0 Å². The molecular formula is C28H35N3O6. The molecule has 2 aromatic rings. The van der Waals surface area contributed by atoms with E-state index in [2.05, 4.69) is 0 Å². The summed E-state index contributed by atoms with van der Waals surface area (Å²) in [4.78, 5) is 28.0. The number of methoxy groups -OCH3 is 3. The maximum absolute atomic E-state index is 13.7. The number of likely N-dealkylation sites (tertiary alicyclic amines) is 1. The Hall–Kier alpha value is -3.59. The fraction of sp³-hybridized carbons (Fsp3) is 0.464. The highest BCUT2D eigenvalue weighted by Crippen LogP contribution is 2.39. The number of ether oxygens (including phenoxy) is 4. The molecule has 4 rings (SSSR count). The minimum absolute atomic E-state index is 0.134. The van der Waals surface area contributed by atoms with Crippen molar-refractivity contribution >= 4 is 17.6 Å². The summed E-state index contributed by atoms with van der Waals surface area (Å²) in [5.74, 6) is 1.48. The maximum Gasteiger partial charge on any atom is 0.310 e. The molecule has 2 aliphatic rings. The number of hydrogen-bond acceptors (Lipinski definition) is 8. The monoisotopic (exact) mass is 509 g/mol. The van der Waals surface area contributed by atoms with E-state index in [1.54, 1.807) is 33.3 Å². The SMILES string of the molecule is CCOC(=O)[C@H]1CCCN(CC(=O)N2N=C(c3cccc(OC)c3)C[C@H]2c2ccc(OC)cc2OC)C1. The lowest BCUT2D eigenvalue weighted by molar-refractivity contribution is -0.150. The fourth-order valence-corrected chi connectivity index (χ4v) is 4.97. The molecule has 1 fully saturated rings. The van der Waals surface area contributed by atoms with Gasteiger partial charge in [-0.3, -0.25) is 14.5 Å². The zero-order valence-electron chi connectivity index (χ0n) is 21.9. The minimum Gasteiger partial charge on any atom is -0.497 e. The van der Waals surface area contributed by atoms with Crippen LogP contribution in [-0.4, -0.2) is 75.1 Å². The van der Waals surface area contributed by atoms with E-state index in [-0.39, 0.29) is 30.4 Å². The third-order valence-electron chi connectivity index (χ3n) is 6.85. The van der Waals surface area contributed by atoms with E-state index in [1.165, 1.54) is 0 Å². The van der Waals surface area contributed by atoms with E-state index < -0.39 is 0 Å². The molecule has 2 aliphatic heterocycles. The summed E-state index contributed by atoms with van der Waals surface area (Å²) in [6.45, 7) is 3.58. The van der Waals surface area contributed by atoms with E-state index >= 15 is 0 Å². The third-order valence-corrected chi connectivity index (χ3v) is 6.85. The van der Waals surface area contributed by atoms with E-state index in [9.17, 15) is 9.59 Å². The molecule has 9 nitrogen and oxygen atoms in total. The van der Waals surface area contributed by atoms with Crippen molar-refractivity contribution in [1.82, 2.24) is 9.91 Å². The molecule has 0 unspecified atom stereocenters. The third kappa shape index (κ3) is 6.05. The normalized spacial score (nSPS) is 19.8. The number of benzene rings is 2. The molecule has 0 saturated carbocycles. The van der Waals surface area contributed by atoms with Gasteiger partial charge in [-0.05, 0) is 50.6 Å². The maximum atomic E-state index is 13.7. The Morgan fingerprint density at radius 2 is 1.81 bits per heavy atom. The summed E-state index contributed by atoms with van der Waals surface area (Å²) in [5, 5.41) is 6.36. The molecule has 0 aliphatic carbocycles. The van der Waals surface area contributed by atoms with Crippen LogP contribution in [-0.2, 0) is 14.3 Å². The van der Waals surface area contributed by atoms with E-state index in [0.717, 1.165) is 42.0 Å². The Morgan fingerprint density at radius 3 is 2.54 bits per heavy atom. The Balaban J connectivity index is 1.61. The molecule has 2 atom stereocenters. The van der Waals surface area contributed by atoms with Crippen LogP contribution in [0.3, 0.4) is 0 Å². The quantitative estimate of drug-likeness (QED) is 0.477. The summed E-state index contributed by atoms with van der Waals surface area (Å²) in [7, 11) is 4.83.